The van der Waals surface area contributed by atoms with E-state index in [-0.39, 0.29) is 11.1 Å². The fourth-order valence-electron chi connectivity index (χ4n) is 1.49. The first kappa shape index (κ1) is 12.0. The zero-order chi connectivity index (χ0) is 12.4. The van der Waals surface area contributed by atoms with Crippen LogP contribution in [-0.2, 0) is 6.54 Å². The first-order chi connectivity index (χ1) is 8.06. The van der Waals surface area contributed by atoms with Gasteiger partial charge in [0, 0.05) is 35.1 Å². The molecule has 2 N–H and O–H groups in total. The first-order valence-electron chi connectivity index (χ1n) is 4.96. The molecule has 0 aliphatic rings. The summed E-state index contributed by atoms with van der Waals surface area (Å²) in [5, 5.41) is 1.19. The van der Waals surface area contributed by atoms with Crippen molar-refractivity contribution in [2.24, 2.45) is 0 Å². The standard InChI is InChI=1S/C12H10Cl2N2O/c13-9-2-1-8(10(14)5-9)6-16-4-3-12(17)11(15)7-16/h1-5,7H,6,15H2. The number of pyridine rings is 1. The Morgan fingerprint density at radius 2 is 2.00 bits per heavy atom. The molecule has 0 saturated carbocycles. The van der Waals surface area contributed by atoms with E-state index >= 15 is 0 Å². The predicted octanol–water partition coefficient (Wildman–Crippen LogP) is 2.79. The minimum absolute atomic E-state index is 0.177. The maximum absolute atomic E-state index is 11.2. The zero-order valence-corrected chi connectivity index (χ0v) is 10.4. The number of halogens is 2. The molecule has 0 radical (unpaired) electrons. The van der Waals surface area contributed by atoms with Crippen LogP contribution in [0.1, 0.15) is 5.56 Å². The van der Waals surface area contributed by atoms with Crippen LogP contribution in [0.3, 0.4) is 0 Å². The number of hydrogen-bond donors (Lipinski definition) is 1. The monoisotopic (exact) mass is 268 g/mol. The maximum atomic E-state index is 11.2. The van der Waals surface area contributed by atoms with Crippen molar-refractivity contribution in [2.75, 3.05) is 5.73 Å². The molecule has 0 bridgehead atoms. The van der Waals surface area contributed by atoms with Crippen LogP contribution >= 0.6 is 23.2 Å². The van der Waals surface area contributed by atoms with Crippen LogP contribution in [0.2, 0.25) is 10.0 Å². The van der Waals surface area contributed by atoms with Crippen molar-refractivity contribution in [1.29, 1.82) is 0 Å². The third kappa shape index (κ3) is 2.81. The van der Waals surface area contributed by atoms with Crippen LogP contribution in [0, 0.1) is 0 Å². The van der Waals surface area contributed by atoms with Gasteiger partial charge in [0.15, 0.2) is 0 Å². The molecule has 0 fully saturated rings. The molecule has 17 heavy (non-hydrogen) atoms. The van der Waals surface area contributed by atoms with Gasteiger partial charge in [0.25, 0.3) is 0 Å². The van der Waals surface area contributed by atoms with Crippen molar-refractivity contribution in [3.05, 3.63) is 62.5 Å². The van der Waals surface area contributed by atoms with E-state index in [0.29, 0.717) is 16.6 Å². The second kappa shape index (κ2) is 4.82. The average Bonchev–Trinajstić information content (AvgIpc) is 2.27. The van der Waals surface area contributed by atoms with Crippen LogP contribution in [0.5, 0.6) is 0 Å². The van der Waals surface area contributed by atoms with E-state index in [1.807, 2.05) is 6.07 Å². The van der Waals surface area contributed by atoms with Crippen molar-refractivity contribution < 1.29 is 0 Å². The second-order valence-electron chi connectivity index (χ2n) is 3.67. The van der Waals surface area contributed by atoms with Gasteiger partial charge in [-0.3, -0.25) is 4.79 Å². The minimum Gasteiger partial charge on any atom is -0.394 e. The fraction of sp³-hybridized carbons (Fsp3) is 0.0833. The highest BCUT2D eigenvalue weighted by Gasteiger charge is 2.02. The van der Waals surface area contributed by atoms with Crippen LogP contribution in [-0.4, -0.2) is 4.57 Å². The highest BCUT2D eigenvalue weighted by atomic mass is 35.5. The van der Waals surface area contributed by atoms with Gasteiger partial charge in [0.05, 0.1) is 5.69 Å². The lowest BCUT2D eigenvalue weighted by molar-refractivity contribution is 0.791. The molecule has 88 valence electrons. The lowest BCUT2D eigenvalue weighted by Crippen LogP contribution is -2.11. The Balaban J connectivity index is 2.31. The van der Waals surface area contributed by atoms with Crippen molar-refractivity contribution in [2.45, 2.75) is 6.54 Å². The first-order valence-corrected chi connectivity index (χ1v) is 5.71. The molecule has 0 spiro atoms. The molecular formula is C12H10Cl2N2O. The molecule has 3 nitrogen and oxygen atoms in total. The second-order valence-corrected chi connectivity index (χ2v) is 4.52. The summed E-state index contributed by atoms with van der Waals surface area (Å²) in [5.74, 6) is 0. The van der Waals surface area contributed by atoms with Crippen LogP contribution < -0.4 is 11.2 Å². The quantitative estimate of drug-likeness (QED) is 0.911. The molecular weight excluding hydrogens is 259 g/mol. The van der Waals surface area contributed by atoms with Crippen LogP contribution in [0.15, 0.2) is 41.5 Å². The van der Waals surface area contributed by atoms with Crippen molar-refractivity contribution in [3.63, 3.8) is 0 Å². The Bertz CT molecular complexity index is 608. The summed E-state index contributed by atoms with van der Waals surface area (Å²) >= 11 is 11.9. The molecule has 1 aromatic carbocycles. The molecule has 0 aliphatic heterocycles. The highest BCUT2D eigenvalue weighted by molar-refractivity contribution is 6.35. The van der Waals surface area contributed by atoms with Crippen LogP contribution in [0.25, 0.3) is 0 Å². The molecule has 1 aromatic heterocycles. The summed E-state index contributed by atoms with van der Waals surface area (Å²) < 4.78 is 1.80. The Morgan fingerprint density at radius 3 is 2.65 bits per heavy atom. The summed E-state index contributed by atoms with van der Waals surface area (Å²) in [7, 11) is 0. The van der Waals surface area contributed by atoms with Gasteiger partial charge in [-0.2, -0.15) is 0 Å². The number of aromatic nitrogens is 1. The number of nitrogen functional groups attached to an aromatic ring is 1. The molecule has 0 aliphatic carbocycles. The lowest BCUT2D eigenvalue weighted by Gasteiger charge is -2.09. The summed E-state index contributed by atoms with van der Waals surface area (Å²) in [6.07, 6.45) is 3.26. The average molecular weight is 269 g/mol. The zero-order valence-electron chi connectivity index (χ0n) is 8.86. The van der Waals surface area contributed by atoms with E-state index in [1.54, 1.807) is 29.1 Å². The summed E-state index contributed by atoms with van der Waals surface area (Å²) in [6.45, 7) is 0.542. The number of nitrogens with zero attached hydrogens (tertiary/aromatic N) is 1. The van der Waals surface area contributed by atoms with Gasteiger partial charge in [-0.15, -0.1) is 0 Å². The Hall–Kier alpha value is -1.45. The van der Waals surface area contributed by atoms with E-state index in [1.165, 1.54) is 6.07 Å². The molecule has 0 atom stereocenters. The van der Waals surface area contributed by atoms with Gasteiger partial charge in [0.1, 0.15) is 0 Å². The Morgan fingerprint density at radius 1 is 1.24 bits per heavy atom. The molecule has 1 heterocycles. The molecule has 0 amide bonds. The van der Waals surface area contributed by atoms with Crippen molar-refractivity contribution >= 4 is 28.9 Å². The van der Waals surface area contributed by atoms with Crippen molar-refractivity contribution in [1.82, 2.24) is 4.57 Å². The summed E-state index contributed by atoms with van der Waals surface area (Å²) in [4.78, 5) is 11.2. The Labute approximate surface area is 108 Å². The lowest BCUT2D eigenvalue weighted by atomic mass is 10.2. The maximum Gasteiger partial charge on any atom is 0.204 e. The van der Waals surface area contributed by atoms with Crippen LogP contribution in [0.4, 0.5) is 5.69 Å². The fourth-order valence-corrected chi connectivity index (χ4v) is 1.96. The third-order valence-corrected chi connectivity index (χ3v) is 2.96. The summed E-state index contributed by atoms with van der Waals surface area (Å²) in [6, 6.07) is 6.73. The number of rotatable bonds is 2. The number of anilines is 1. The van der Waals surface area contributed by atoms with Gasteiger partial charge in [0.2, 0.25) is 5.43 Å². The van der Waals surface area contributed by atoms with Gasteiger partial charge in [-0.1, -0.05) is 29.3 Å². The minimum atomic E-state index is -0.177. The molecule has 0 saturated heterocycles. The SMILES string of the molecule is Nc1cn(Cc2ccc(Cl)cc2Cl)ccc1=O. The topological polar surface area (TPSA) is 48.0 Å². The van der Waals surface area contributed by atoms with E-state index < -0.39 is 0 Å². The third-order valence-electron chi connectivity index (χ3n) is 2.37. The molecule has 2 rings (SSSR count). The van der Waals surface area contributed by atoms with Gasteiger partial charge >= 0.3 is 0 Å². The van der Waals surface area contributed by atoms with E-state index in [0.717, 1.165) is 5.56 Å². The normalized spacial score (nSPS) is 10.5. The largest absolute Gasteiger partial charge is 0.394 e. The van der Waals surface area contributed by atoms with Crippen molar-refractivity contribution in [3.8, 4) is 0 Å². The Kier molecular flexibility index (Phi) is 3.41. The van der Waals surface area contributed by atoms with E-state index in [9.17, 15) is 4.79 Å². The predicted molar refractivity (Wildman–Crippen MR) is 70.7 cm³/mol. The molecule has 0 unspecified atom stereocenters. The van der Waals surface area contributed by atoms with E-state index in [4.69, 9.17) is 28.9 Å². The smallest absolute Gasteiger partial charge is 0.204 e. The van der Waals surface area contributed by atoms with E-state index in [2.05, 4.69) is 0 Å². The molecule has 5 heteroatoms. The highest BCUT2D eigenvalue weighted by Crippen LogP contribution is 2.21. The number of hydrogen-bond acceptors (Lipinski definition) is 2. The number of nitrogens with two attached hydrogens (primary N) is 1. The van der Waals surface area contributed by atoms with Gasteiger partial charge in [-0.05, 0) is 17.7 Å². The summed E-state index contributed by atoms with van der Waals surface area (Å²) in [5.41, 5.74) is 6.51. The number of benzene rings is 1. The van der Waals surface area contributed by atoms with Gasteiger partial charge in [-0.25, -0.2) is 0 Å². The van der Waals surface area contributed by atoms with Gasteiger partial charge < -0.3 is 10.3 Å². The molecule has 2 aromatic rings.